The zero-order chi connectivity index (χ0) is 14.6. The van der Waals surface area contributed by atoms with Gasteiger partial charge in [-0.15, -0.1) is 0 Å². The van der Waals surface area contributed by atoms with E-state index >= 15 is 0 Å². The van der Waals surface area contributed by atoms with Gasteiger partial charge in [-0.05, 0) is 32.0 Å². The van der Waals surface area contributed by atoms with E-state index in [0.29, 0.717) is 11.3 Å². The van der Waals surface area contributed by atoms with Crippen LogP contribution in [0.5, 0.6) is 11.5 Å². The molecule has 0 radical (unpaired) electrons. The molecule has 0 aromatic heterocycles. The molecule has 0 bridgehead atoms. The number of hydrogen-bond acceptors (Lipinski definition) is 5. The smallest absolute Gasteiger partial charge is 0.339 e. The van der Waals surface area contributed by atoms with Gasteiger partial charge in [-0.25, -0.2) is 4.79 Å². The number of carboxylic acids is 1. The van der Waals surface area contributed by atoms with Crippen molar-refractivity contribution in [3.63, 3.8) is 0 Å². The van der Waals surface area contributed by atoms with Gasteiger partial charge in [-0.2, -0.15) is 0 Å². The molecule has 1 rings (SSSR count). The molecule has 1 atom stereocenters. The molecule has 0 heterocycles. The first-order chi connectivity index (χ1) is 8.77. The van der Waals surface area contributed by atoms with Crippen LogP contribution in [0.4, 0.5) is 0 Å². The van der Waals surface area contributed by atoms with Crippen LogP contribution in [-0.4, -0.2) is 41.3 Å². The van der Waals surface area contributed by atoms with E-state index in [2.05, 4.69) is 0 Å². The molecule has 6 heteroatoms. The molecule has 0 amide bonds. The second-order valence-corrected chi connectivity index (χ2v) is 4.29. The fraction of sp³-hybridized carbons (Fsp3) is 0.385. The van der Waals surface area contributed by atoms with E-state index in [1.807, 2.05) is 0 Å². The van der Waals surface area contributed by atoms with Crippen molar-refractivity contribution < 1.29 is 29.3 Å². The molecule has 0 aliphatic rings. The fourth-order valence-electron chi connectivity index (χ4n) is 1.29. The van der Waals surface area contributed by atoms with Gasteiger partial charge in [-0.3, -0.25) is 4.79 Å². The predicted molar refractivity (Wildman–Crippen MR) is 66.8 cm³/mol. The molecule has 0 aliphatic carbocycles. The minimum atomic E-state index is -2.00. The van der Waals surface area contributed by atoms with Crippen molar-refractivity contribution in [2.24, 2.45) is 0 Å². The molecule has 2 N–H and O–H groups in total. The lowest BCUT2D eigenvalue weighted by atomic mass is 10.1. The minimum absolute atomic E-state index is 0.123. The molecule has 1 unspecified atom stereocenters. The average Bonchev–Trinajstić information content (AvgIpc) is 2.35. The standard InChI is InChI=1S/C13H16O6/c1-8(14)9-4-5-10(11(6-9)18-3)19-7-13(2,17)12(15)16/h4-6,17H,7H2,1-3H3,(H,15,16). The van der Waals surface area contributed by atoms with Gasteiger partial charge in [0.1, 0.15) is 6.61 Å². The van der Waals surface area contributed by atoms with Crippen molar-refractivity contribution in [3.05, 3.63) is 23.8 Å². The third-order valence-electron chi connectivity index (χ3n) is 2.54. The molecular weight excluding hydrogens is 252 g/mol. The summed E-state index contributed by atoms with van der Waals surface area (Å²) in [7, 11) is 1.40. The van der Waals surface area contributed by atoms with Crippen LogP contribution in [0, 0.1) is 0 Å². The number of benzene rings is 1. The van der Waals surface area contributed by atoms with Gasteiger partial charge in [0.25, 0.3) is 0 Å². The number of carboxylic acid groups (broad SMARTS) is 1. The van der Waals surface area contributed by atoms with Gasteiger partial charge in [0, 0.05) is 5.56 Å². The second kappa shape index (κ2) is 5.71. The Morgan fingerprint density at radius 3 is 2.42 bits per heavy atom. The number of aliphatic hydroxyl groups is 1. The summed E-state index contributed by atoms with van der Waals surface area (Å²) in [5, 5.41) is 18.3. The second-order valence-electron chi connectivity index (χ2n) is 4.29. The Labute approximate surface area is 110 Å². The van der Waals surface area contributed by atoms with Crippen LogP contribution < -0.4 is 9.47 Å². The molecular formula is C13H16O6. The van der Waals surface area contributed by atoms with Gasteiger partial charge >= 0.3 is 5.97 Å². The number of carbonyl (C=O) groups excluding carboxylic acids is 1. The van der Waals surface area contributed by atoms with Crippen LogP contribution in [0.25, 0.3) is 0 Å². The summed E-state index contributed by atoms with van der Waals surface area (Å²) in [5.74, 6) is -0.947. The number of Topliss-reactive ketones (excluding diaryl/α,β-unsaturated/α-hetero) is 1. The normalized spacial score (nSPS) is 13.5. The monoisotopic (exact) mass is 268 g/mol. The molecule has 1 aromatic carbocycles. The highest BCUT2D eigenvalue weighted by atomic mass is 16.5. The van der Waals surface area contributed by atoms with E-state index < -0.39 is 18.2 Å². The lowest BCUT2D eigenvalue weighted by molar-refractivity contribution is -0.159. The van der Waals surface area contributed by atoms with Crippen molar-refractivity contribution in [1.82, 2.24) is 0 Å². The van der Waals surface area contributed by atoms with E-state index in [0.717, 1.165) is 6.92 Å². The lowest BCUT2D eigenvalue weighted by Gasteiger charge is -2.19. The maximum absolute atomic E-state index is 11.2. The highest BCUT2D eigenvalue weighted by molar-refractivity contribution is 5.94. The van der Waals surface area contributed by atoms with E-state index in [1.54, 1.807) is 0 Å². The van der Waals surface area contributed by atoms with E-state index in [-0.39, 0.29) is 11.5 Å². The van der Waals surface area contributed by atoms with Crippen molar-refractivity contribution in [2.45, 2.75) is 19.4 Å². The van der Waals surface area contributed by atoms with Gasteiger partial charge in [-0.1, -0.05) is 0 Å². The first kappa shape index (κ1) is 15.0. The summed E-state index contributed by atoms with van der Waals surface area (Å²) in [6, 6.07) is 4.52. The molecule has 1 aromatic rings. The van der Waals surface area contributed by atoms with Crippen LogP contribution in [0.15, 0.2) is 18.2 Å². The third-order valence-corrected chi connectivity index (χ3v) is 2.54. The zero-order valence-electron chi connectivity index (χ0n) is 11.0. The van der Waals surface area contributed by atoms with E-state index in [1.165, 1.54) is 32.2 Å². The van der Waals surface area contributed by atoms with E-state index in [9.17, 15) is 14.7 Å². The number of ether oxygens (including phenoxy) is 2. The quantitative estimate of drug-likeness (QED) is 0.751. The maximum atomic E-state index is 11.2. The van der Waals surface area contributed by atoms with Gasteiger partial charge in [0.15, 0.2) is 22.9 Å². The van der Waals surface area contributed by atoms with Crippen LogP contribution in [0.1, 0.15) is 24.2 Å². The summed E-state index contributed by atoms with van der Waals surface area (Å²) in [4.78, 5) is 22.0. The first-order valence-electron chi connectivity index (χ1n) is 5.55. The molecule has 0 saturated heterocycles. The summed E-state index contributed by atoms with van der Waals surface area (Å²) in [6.45, 7) is 2.12. The Morgan fingerprint density at radius 2 is 1.95 bits per heavy atom. The fourth-order valence-corrected chi connectivity index (χ4v) is 1.29. The molecule has 19 heavy (non-hydrogen) atoms. The minimum Gasteiger partial charge on any atom is -0.493 e. The number of methoxy groups -OCH3 is 1. The van der Waals surface area contributed by atoms with Gasteiger partial charge < -0.3 is 19.7 Å². The van der Waals surface area contributed by atoms with Crippen LogP contribution in [0.3, 0.4) is 0 Å². The number of ketones is 1. The highest BCUT2D eigenvalue weighted by Crippen LogP contribution is 2.29. The van der Waals surface area contributed by atoms with Crippen molar-refractivity contribution in [3.8, 4) is 11.5 Å². The van der Waals surface area contributed by atoms with Gasteiger partial charge in [0.05, 0.1) is 7.11 Å². The number of carbonyl (C=O) groups is 2. The predicted octanol–water partition coefficient (Wildman–Crippen LogP) is 1.11. The highest BCUT2D eigenvalue weighted by Gasteiger charge is 2.31. The van der Waals surface area contributed by atoms with Crippen LogP contribution >= 0.6 is 0 Å². The largest absolute Gasteiger partial charge is 0.493 e. The van der Waals surface area contributed by atoms with Gasteiger partial charge in [0.2, 0.25) is 0 Å². The number of rotatable bonds is 6. The molecule has 0 fully saturated rings. The molecule has 104 valence electrons. The van der Waals surface area contributed by atoms with Crippen molar-refractivity contribution in [1.29, 1.82) is 0 Å². The Hall–Kier alpha value is -2.08. The summed E-state index contributed by atoms with van der Waals surface area (Å²) in [5.41, 5.74) is -1.54. The topological polar surface area (TPSA) is 93.1 Å². The summed E-state index contributed by atoms with van der Waals surface area (Å²) in [6.07, 6.45) is 0. The Balaban J connectivity index is 2.90. The molecule has 0 saturated carbocycles. The zero-order valence-corrected chi connectivity index (χ0v) is 11.0. The number of aliphatic carboxylic acids is 1. The third kappa shape index (κ3) is 3.69. The lowest BCUT2D eigenvalue weighted by Crippen LogP contribution is -2.41. The summed E-state index contributed by atoms with van der Waals surface area (Å²) < 4.78 is 10.3. The first-order valence-corrected chi connectivity index (χ1v) is 5.55. The molecule has 0 aliphatic heterocycles. The maximum Gasteiger partial charge on any atom is 0.339 e. The van der Waals surface area contributed by atoms with Crippen molar-refractivity contribution >= 4 is 11.8 Å². The van der Waals surface area contributed by atoms with Crippen molar-refractivity contribution in [2.75, 3.05) is 13.7 Å². The Kier molecular flexibility index (Phi) is 4.50. The Morgan fingerprint density at radius 1 is 1.32 bits per heavy atom. The number of hydrogen-bond donors (Lipinski definition) is 2. The summed E-state index contributed by atoms with van der Waals surface area (Å²) >= 11 is 0. The Bertz CT molecular complexity index is 492. The van der Waals surface area contributed by atoms with E-state index in [4.69, 9.17) is 14.6 Å². The molecule has 0 spiro atoms. The van der Waals surface area contributed by atoms with Crippen LogP contribution in [0.2, 0.25) is 0 Å². The SMILES string of the molecule is COc1cc(C(C)=O)ccc1OCC(C)(O)C(=O)O. The van der Waals surface area contributed by atoms with Crippen LogP contribution in [-0.2, 0) is 4.79 Å². The average molecular weight is 268 g/mol. The molecule has 6 nitrogen and oxygen atoms in total.